The van der Waals surface area contributed by atoms with E-state index in [4.69, 9.17) is 0 Å². The first-order valence-electron chi connectivity index (χ1n) is 7.51. The number of nitrogens with one attached hydrogen (secondary N) is 2. The van der Waals surface area contributed by atoms with Crippen molar-refractivity contribution in [3.05, 3.63) is 71.8 Å². The van der Waals surface area contributed by atoms with Crippen LogP contribution in [0.2, 0.25) is 0 Å². The molecule has 0 bridgehead atoms. The minimum atomic E-state index is -0.211. The third-order valence-electron chi connectivity index (χ3n) is 3.30. The molecular weight excluding hydrogens is 288 g/mol. The summed E-state index contributed by atoms with van der Waals surface area (Å²) in [5, 5.41) is 5.53. The van der Waals surface area contributed by atoms with E-state index in [0.29, 0.717) is 6.54 Å². The molecular formula is C19H20N2O2. The van der Waals surface area contributed by atoms with Crippen molar-refractivity contribution in [3.8, 4) is 0 Å². The lowest BCUT2D eigenvalue weighted by Crippen LogP contribution is -2.26. The molecule has 2 aromatic rings. The average molecular weight is 308 g/mol. The number of carbonyl (C=O) groups excluding carboxylic acids is 2. The Morgan fingerprint density at radius 1 is 1.00 bits per heavy atom. The number of para-hydroxylation sites is 1. The predicted octanol–water partition coefficient (Wildman–Crippen LogP) is 3.15. The smallest absolute Gasteiger partial charge is 0.244 e. The van der Waals surface area contributed by atoms with E-state index in [-0.39, 0.29) is 18.2 Å². The zero-order chi connectivity index (χ0) is 16.5. The maximum absolute atomic E-state index is 11.8. The van der Waals surface area contributed by atoms with E-state index in [9.17, 15) is 9.59 Å². The number of hydrogen-bond donors (Lipinski definition) is 2. The van der Waals surface area contributed by atoms with Crippen molar-refractivity contribution >= 4 is 23.6 Å². The molecule has 0 unspecified atom stereocenters. The van der Waals surface area contributed by atoms with Gasteiger partial charge in [-0.3, -0.25) is 9.59 Å². The highest BCUT2D eigenvalue weighted by atomic mass is 16.2. The van der Waals surface area contributed by atoms with Crippen LogP contribution in [0.5, 0.6) is 0 Å². The van der Waals surface area contributed by atoms with E-state index in [0.717, 1.165) is 16.8 Å². The second-order valence-electron chi connectivity index (χ2n) is 5.15. The first kappa shape index (κ1) is 16.5. The summed E-state index contributed by atoms with van der Waals surface area (Å²) < 4.78 is 0. The fraction of sp³-hybridized carbons (Fsp3) is 0.158. The Morgan fingerprint density at radius 2 is 1.70 bits per heavy atom. The highest BCUT2D eigenvalue weighted by molar-refractivity contribution is 5.93. The molecule has 0 aliphatic heterocycles. The van der Waals surface area contributed by atoms with Crippen molar-refractivity contribution in [2.24, 2.45) is 0 Å². The Kier molecular flexibility index (Phi) is 6.12. The van der Waals surface area contributed by atoms with Crippen molar-refractivity contribution in [3.63, 3.8) is 0 Å². The van der Waals surface area contributed by atoms with Gasteiger partial charge in [0.15, 0.2) is 0 Å². The fourth-order valence-corrected chi connectivity index (χ4v) is 2.02. The molecule has 2 rings (SSSR count). The molecule has 23 heavy (non-hydrogen) atoms. The van der Waals surface area contributed by atoms with Crippen molar-refractivity contribution in [1.29, 1.82) is 0 Å². The lowest BCUT2D eigenvalue weighted by atomic mass is 10.2. The van der Waals surface area contributed by atoms with Crippen LogP contribution in [-0.2, 0) is 9.59 Å². The maximum Gasteiger partial charge on any atom is 0.244 e. The largest absolute Gasteiger partial charge is 0.352 e. The van der Waals surface area contributed by atoms with Gasteiger partial charge >= 0.3 is 0 Å². The Hall–Kier alpha value is -2.88. The minimum absolute atomic E-state index is 0.119. The molecule has 4 nitrogen and oxygen atoms in total. The Balaban J connectivity index is 1.72. The fourth-order valence-electron chi connectivity index (χ4n) is 2.02. The third kappa shape index (κ3) is 5.79. The van der Waals surface area contributed by atoms with Crippen molar-refractivity contribution in [1.82, 2.24) is 5.32 Å². The summed E-state index contributed by atoms with van der Waals surface area (Å²) in [4.78, 5) is 23.5. The number of anilines is 1. The molecule has 0 atom stereocenters. The summed E-state index contributed by atoms with van der Waals surface area (Å²) in [7, 11) is 0. The van der Waals surface area contributed by atoms with Gasteiger partial charge in [0.05, 0.1) is 0 Å². The first-order valence-corrected chi connectivity index (χ1v) is 7.51. The predicted molar refractivity (Wildman–Crippen MR) is 92.9 cm³/mol. The van der Waals surface area contributed by atoms with Crippen LogP contribution in [0, 0.1) is 6.92 Å². The van der Waals surface area contributed by atoms with Crippen molar-refractivity contribution in [2.45, 2.75) is 13.3 Å². The molecule has 118 valence electrons. The van der Waals surface area contributed by atoms with Gasteiger partial charge in [-0.15, -0.1) is 0 Å². The van der Waals surface area contributed by atoms with Gasteiger partial charge in [-0.2, -0.15) is 0 Å². The molecule has 0 aliphatic rings. The van der Waals surface area contributed by atoms with Gasteiger partial charge in [0, 0.05) is 24.7 Å². The van der Waals surface area contributed by atoms with Crippen LogP contribution in [0.1, 0.15) is 17.5 Å². The monoisotopic (exact) mass is 308 g/mol. The number of carbonyl (C=O) groups is 2. The summed E-state index contributed by atoms with van der Waals surface area (Å²) in [5.74, 6) is -0.329. The minimum Gasteiger partial charge on any atom is -0.352 e. The normalized spacial score (nSPS) is 10.5. The lowest BCUT2D eigenvalue weighted by molar-refractivity contribution is -0.117. The maximum atomic E-state index is 11.8. The third-order valence-corrected chi connectivity index (χ3v) is 3.30. The molecule has 0 heterocycles. The second-order valence-corrected chi connectivity index (χ2v) is 5.15. The van der Waals surface area contributed by atoms with E-state index in [2.05, 4.69) is 10.6 Å². The van der Waals surface area contributed by atoms with E-state index in [1.54, 1.807) is 6.08 Å². The summed E-state index contributed by atoms with van der Waals surface area (Å²) in [6, 6.07) is 17.2. The second kappa shape index (κ2) is 8.54. The van der Waals surface area contributed by atoms with Crippen molar-refractivity contribution in [2.75, 3.05) is 11.9 Å². The van der Waals surface area contributed by atoms with Crippen molar-refractivity contribution < 1.29 is 9.59 Å². The van der Waals surface area contributed by atoms with Gasteiger partial charge in [0.2, 0.25) is 11.8 Å². The summed E-state index contributed by atoms with van der Waals surface area (Å²) in [6.07, 6.45) is 3.44. The topological polar surface area (TPSA) is 58.2 Å². The number of aryl methyl sites for hydroxylation is 1. The van der Waals surface area contributed by atoms with Crippen LogP contribution in [-0.4, -0.2) is 18.4 Å². The number of hydrogen-bond acceptors (Lipinski definition) is 2. The standard InChI is InChI=1S/C19H20N2O2/c1-15-7-5-6-10-17(15)21-19(23)13-14-20-18(22)12-11-16-8-3-2-4-9-16/h2-12H,13-14H2,1H3,(H,20,22)(H,21,23)/b12-11+. The molecule has 4 heteroatoms. The summed E-state index contributed by atoms with van der Waals surface area (Å²) in [5.41, 5.74) is 2.77. The van der Waals surface area contributed by atoms with Crippen LogP contribution in [0.15, 0.2) is 60.7 Å². The van der Waals surface area contributed by atoms with E-state index >= 15 is 0 Å². The zero-order valence-electron chi connectivity index (χ0n) is 13.1. The van der Waals surface area contributed by atoms with Gasteiger partial charge < -0.3 is 10.6 Å². The Bertz CT molecular complexity index is 694. The zero-order valence-corrected chi connectivity index (χ0v) is 13.1. The molecule has 2 N–H and O–H groups in total. The van der Waals surface area contributed by atoms with Crippen LogP contribution in [0.3, 0.4) is 0 Å². The average Bonchev–Trinajstić information content (AvgIpc) is 2.56. The Morgan fingerprint density at radius 3 is 2.43 bits per heavy atom. The van der Waals surface area contributed by atoms with Gasteiger partial charge in [0.1, 0.15) is 0 Å². The molecule has 0 saturated carbocycles. The molecule has 0 saturated heterocycles. The van der Waals surface area contributed by atoms with Crippen LogP contribution < -0.4 is 10.6 Å². The molecule has 0 aromatic heterocycles. The Labute approximate surface area is 136 Å². The quantitative estimate of drug-likeness (QED) is 0.805. The number of rotatable bonds is 6. The summed E-state index contributed by atoms with van der Waals surface area (Å²) >= 11 is 0. The van der Waals surface area contributed by atoms with E-state index in [1.807, 2.05) is 61.5 Å². The molecule has 2 aromatic carbocycles. The van der Waals surface area contributed by atoms with Crippen LogP contribution >= 0.6 is 0 Å². The highest BCUT2D eigenvalue weighted by Gasteiger charge is 2.04. The number of benzene rings is 2. The van der Waals surface area contributed by atoms with Gasteiger partial charge in [-0.05, 0) is 30.2 Å². The molecule has 0 radical (unpaired) electrons. The summed E-state index contributed by atoms with van der Waals surface area (Å²) in [6.45, 7) is 2.24. The highest BCUT2D eigenvalue weighted by Crippen LogP contribution is 2.13. The molecule has 0 spiro atoms. The van der Waals surface area contributed by atoms with E-state index < -0.39 is 0 Å². The van der Waals surface area contributed by atoms with Crippen LogP contribution in [0.4, 0.5) is 5.69 Å². The molecule has 0 fully saturated rings. The van der Waals surface area contributed by atoms with E-state index in [1.165, 1.54) is 6.08 Å². The van der Waals surface area contributed by atoms with Gasteiger partial charge in [0.25, 0.3) is 0 Å². The van der Waals surface area contributed by atoms with Gasteiger partial charge in [-0.25, -0.2) is 0 Å². The first-order chi connectivity index (χ1) is 11.1. The van der Waals surface area contributed by atoms with Gasteiger partial charge in [-0.1, -0.05) is 48.5 Å². The lowest BCUT2D eigenvalue weighted by Gasteiger charge is -2.08. The molecule has 0 aliphatic carbocycles. The SMILES string of the molecule is Cc1ccccc1NC(=O)CCNC(=O)/C=C/c1ccccc1. The molecule has 2 amide bonds. The number of amides is 2. The van der Waals surface area contributed by atoms with Crippen LogP contribution in [0.25, 0.3) is 6.08 Å².